The van der Waals surface area contributed by atoms with Gasteiger partial charge >= 0.3 is 0 Å². The standard InChI is InChI=1S/C24H29N2O3/c1-18(13-16-28-23-10-6-5-9-22(23)27-2)17-26-14-11-19(12-15-26)24-20-7-3-4-8-21(20)29-25-24/h3-4,6-10,18-19H,11-17H2,1-2H3. The number of piperidine rings is 1. The van der Waals surface area contributed by atoms with Crippen LogP contribution in [0.3, 0.4) is 0 Å². The van der Waals surface area contributed by atoms with E-state index in [1.54, 1.807) is 13.2 Å². The monoisotopic (exact) mass is 393 g/mol. The van der Waals surface area contributed by atoms with E-state index in [0.29, 0.717) is 18.4 Å². The van der Waals surface area contributed by atoms with Gasteiger partial charge in [0.15, 0.2) is 17.1 Å². The number of aromatic nitrogens is 1. The minimum absolute atomic E-state index is 0.496. The first kappa shape index (κ1) is 19.8. The lowest BCUT2D eigenvalue weighted by atomic mass is 9.91. The van der Waals surface area contributed by atoms with Crippen molar-refractivity contribution in [2.75, 3.05) is 33.4 Å². The molecule has 29 heavy (non-hydrogen) atoms. The van der Waals surface area contributed by atoms with E-state index < -0.39 is 0 Å². The molecule has 1 fully saturated rings. The van der Waals surface area contributed by atoms with Crippen molar-refractivity contribution >= 4 is 11.0 Å². The number of ether oxygens (including phenoxy) is 2. The van der Waals surface area contributed by atoms with Gasteiger partial charge in [-0.25, -0.2) is 0 Å². The Labute approximate surface area is 172 Å². The normalized spacial score (nSPS) is 16.8. The van der Waals surface area contributed by atoms with Crippen molar-refractivity contribution in [3.63, 3.8) is 0 Å². The molecule has 1 radical (unpaired) electrons. The van der Waals surface area contributed by atoms with E-state index in [1.165, 1.54) is 5.39 Å². The van der Waals surface area contributed by atoms with Gasteiger partial charge in [-0.05, 0) is 68.6 Å². The third kappa shape index (κ3) is 4.73. The van der Waals surface area contributed by atoms with Crippen LogP contribution in [0, 0.1) is 12.0 Å². The van der Waals surface area contributed by atoms with E-state index in [9.17, 15) is 0 Å². The van der Waals surface area contributed by atoms with Gasteiger partial charge in [0.05, 0.1) is 19.4 Å². The van der Waals surface area contributed by atoms with E-state index in [2.05, 4.69) is 35.2 Å². The van der Waals surface area contributed by atoms with Crippen molar-refractivity contribution in [1.82, 2.24) is 10.1 Å². The fraction of sp³-hybridized carbons (Fsp3) is 0.458. The van der Waals surface area contributed by atoms with Crippen molar-refractivity contribution < 1.29 is 14.0 Å². The fourth-order valence-corrected chi connectivity index (χ4v) is 4.17. The molecule has 0 N–H and O–H groups in total. The number of methoxy groups -OCH3 is 1. The summed E-state index contributed by atoms with van der Waals surface area (Å²) in [5.74, 6) is 2.61. The van der Waals surface area contributed by atoms with E-state index in [4.69, 9.17) is 14.0 Å². The fourth-order valence-electron chi connectivity index (χ4n) is 4.17. The lowest BCUT2D eigenvalue weighted by molar-refractivity contribution is 0.170. The van der Waals surface area contributed by atoms with Gasteiger partial charge < -0.3 is 18.9 Å². The second-order valence-electron chi connectivity index (χ2n) is 7.96. The average Bonchev–Trinajstić information content (AvgIpc) is 3.19. The van der Waals surface area contributed by atoms with Crippen LogP contribution in [0.25, 0.3) is 11.0 Å². The van der Waals surface area contributed by atoms with Crippen LogP contribution in [0.2, 0.25) is 0 Å². The maximum atomic E-state index is 5.91. The SMILES string of the molecule is COc1c[c]ccc1OCCC(C)CN1CCC(c2noc3ccccc23)CC1. The van der Waals surface area contributed by atoms with Crippen LogP contribution in [0.1, 0.15) is 37.8 Å². The molecular formula is C24H29N2O3. The highest BCUT2D eigenvalue weighted by Gasteiger charge is 2.25. The quantitative estimate of drug-likeness (QED) is 0.544. The van der Waals surface area contributed by atoms with Crippen LogP contribution < -0.4 is 9.47 Å². The molecule has 0 aliphatic carbocycles. The summed E-state index contributed by atoms with van der Waals surface area (Å²) in [6.45, 7) is 6.33. The Balaban J connectivity index is 1.22. The van der Waals surface area contributed by atoms with Crippen molar-refractivity contribution in [2.24, 2.45) is 5.92 Å². The molecule has 0 bridgehead atoms. The number of hydrogen-bond donors (Lipinski definition) is 0. The summed E-state index contributed by atoms with van der Waals surface area (Å²) < 4.78 is 16.7. The van der Waals surface area contributed by atoms with Crippen LogP contribution in [0.15, 0.2) is 47.0 Å². The maximum absolute atomic E-state index is 5.91. The van der Waals surface area contributed by atoms with E-state index in [0.717, 1.165) is 61.7 Å². The molecule has 0 amide bonds. The van der Waals surface area contributed by atoms with Crippen molar-refractivity contribution in [1.29, 1.82) is 0 Å². The summed E-state index contributed by atoms with van der Waals surface area (Å²) in [5, 5.41) is 5.54. The summed E-state index contributed by atoms with van der Waals surface area (Å²) in [7, 11) is 1.66. The van der Waals surface area contributed by atoms with Gasteiger partial charge in [0.2, 0.25) is 0 Å². The van der Waals surface area contributed by atoms with Crippen LogP contribution >= 0.6 is 0 Å². The molecule has 2 aromatic carbocycles. The summed E-state index contributed by atoms with van der Waals surface area (Å²) in [6.07, 6.45) is 3.30. The Hall–Kier alpha value is -2.53. The van der Waals surface area contributed by atoms with Gasteiger partial charge in [-0.1, -0.05) is 30.3 Å². The molecule has 0 spiro atoms. The molecular weight excluding hydrogens is 364 g/mol. The number of para-hydroxylation sites is 1. The molecule has 5 heteroatoms. The molecule has 3 aromatic rings. The Bertz CT molecular complexity index is 915. The van der Waals surface area contributed by atoms with Crippen molar-refractivity contribution in [2.45, 2.75) is 32.1 Å². The van der Waals surface area contributed by atoms with Gasteiger partial charge in [0.1, 0.15) is 0 Å². The highest BCUT2D eigenvalue weighted by Crippen LogP contribution is 2.32. The molecule has 2 heterocycles. The zero-order chi connectivity index (χ0) is 20.1. The predicted molar refractivity (Wildman–Crippen MR) is 114 cm³/mol. The molecule has 1 saturated heterocycles. The lowest BCUT2D eigenvalue weighted by Gasteiger charge is -2.33. The van der Waals surface area contributed by atoms with E-state index >= 15 is 0 Å². The van der Waals surface area contributed by atoms with Gasteiger partial charge in [0, 0.05) is 17.8 Å². The maximum Gasteiger partial charge on any atom is 0.167 e. The third-order valence-electron chi connectivity index (χ3n) is 5.83. The van der Waals surface area contributed by atoms with Crippen molar-refractivity contribution in [3.05, 3.63) is 54.2 Å². The van der Waals surface area contributed by atoms with Gasteiger partial charge in [-0.15, -0.1) is 0 Å². The van der Waals surface area contributed by atoms with E-state index in [-0.39, 0.29) is 0 Å². The second-order valence-corrected chi connectivity index (χ2v) is 7.96. The molecule has 1 unspecified atom stereocenters. The van der Waals surface area contributed by atoms with Gasteiger partial charge in [-0.2, -0.15) is 0 Å². The first-order valence-corrected chi connectivity index (χ1v) is 10.5. The molecule has 5 nitrogen and oxygen atoms in total. The number of fused-ring (bicyclic) bond motifs is 1. The Morgan fingerprint density at radius 3 is 2.86 bits per heavy atom. The summed E-state index contributed by atoms with van der Waals surface area (Å²) in [5.41, 5.74) is 2.03. The van der Waals surface area contributed by atoms with Crippen LogP contribution in [0.4, 0.5) is 0 Å². The first-order valence-electron chi connectivity index (χ1n) is 10.5. The third-order valence-corrected chi connectivity index (χ3v) is 5.83. The number of likely N-dealkylation sites (tertiary alicyclic amines) is 1. The molecule has 153 valence electrons. The number of benzene rings is 2. The zero-order valence-corrected chi connectivity index (χ0v) is 17.3. The molecule has 1 aliphatic heterocycles. The molecule has 4 rings (SSSR count). The first-order chi connectivity index (χ1) is 14.2. The second kappa shape index (κ2) is 9.31. The minimum Gasteiger partial charge on any atom is -0.493 e. The summed E-state index contributed by atoms with van der Waals surface area (Å²) in [4.78, 5) is 2.57. The minimum atomic E-state index is 0.496. The molecule has 0 saturated carbocycles. The molecule has 1 atom stereocenters. The predicted octanol–water partition coefficient (Wildman–Crippen LogP) is 4.92. The number of rotatable bonds is 8. The number of hydrogen-bond acceptors (Lipinski definition) is 5. The average molecular weight is 394 g/mol. The van der Waals surface area contributed by atoms with Gasteiger partial charge in [-0.3, -0.25) is 0 Å². The van der Waals surface area contributed by atoms with Gasteiger partial charge in [0.25, 0.3) is 0 Å². The Morgan fingerprint density at radius 2 is 2.03 bits per heavy atom. The lowest BCUT2D eigenvalue weighted by Crippen LogP contribution is -2.36. The molecule has 1 aromatic heterocycles. The highest BCUT2D eigenvalue weighted by molar-refractivity contribution is 5.79. The van der Waals surface area contributed by atoms with Crippen LogP contribution in [-0.2, 0) is 0 Å². The summed E-state index contributed by atoms with van der Waals surface area (Å²) in [6, 6.07) is 16.7. The van der Waals surface area contributed by atoms with Crippen LogP contribution in [-0.4, -0.2) is 43.4 Å². The molecule has 1 aliphatic rings. The Morgan fingerprint density at radius 1 is 1.21 bits per heavy atom. The topological polar surface area (TPSA) is 47.7 Å². The Kier molecular flexibility index (Phi) is 6.35. The highest BCUT2D eigenvalue weighted by atomic mass is 16.5. The summed E-state index contributed by atoms with van der Waals surface area (Å²) >= 11 is 0. The van der Waals surface area contributed by atoms with E-state index in [1.807, 2.05) is 24.3 Å². The smallest absolute Gasteiger partial charge is 0.167 e. The van der Waals surface area contributed by atoms with Crippen molar-refractivity contribution in [3.8, 4) is 11.5 Å². The van der Waals surface area contributed by atoms with Crippen LogP contribution in [0.5, 0.6) is 11.5 Å². The zero-order valence-electron chi connectivity index (χ0n) is 17.3. The number of nitrogens with zero attached hydrogens (tertiary/aromatic N) is 2. The largest absolute Gasteiger partial charge is 0.493 e.